The number of urea groups is 2. The van der Waals surface area contributed by atoms with Crippen molar-refractivity contribution in [1.29, 1.82) is 0 Å². The maximum atomic E-state index is 12.3. The van der Waals surface area contributed by atoms with Crippen LogP contribution in [0.15, 0.2) is 24.4 Å². The number of carbonyl (C=O) groups is 2. The van der Waals surface area contributed by atoms with Crippen LogP contribution in [-0.4, -0.2) is 30.2 Å². The van der Waals surface area contributed by atoms with Crippen LogP contribution in [0, 0.1) is 12.8 Å². The molecule has 1 aromatic heterocycles. The minimum Gasteiger partial charge on any atom is -0.491 e. The van der Waals surface area contributed by atoms with Crippen molar-refractivity contribution in [2.75, 3.05) is 23.8 Å². The van der Waals surface area contributed by atoms with Crippen molar-refractivity contribution >= 4 is 34.2 Å². The van der Waals surface area contributed by atoms with E-state index in [2.05, 4.69) is 34.8 Å². The van der Waals surface area contributed by atoms with Crippen LogP contribution in [0.2, 0.25) is 0 Å². The highest BCUT2D eigenvalue weighted by Gasteiger charge is 2.11. The quantitative estimate of drug-likeness (QED) is 0.552. The molecule has 9 heteroatoms. The molecule has 0 spiro atoms. The molecule has 8 nitrogen and oxygen atoms in total. The lowest BCUT2D eigenvalue weighted by Crippen LogP contribution is -2.30. The number of ether oxygens (including phenoxy) is 1. The van der Waals surface area contributed by atoms with Crippen LogP contribution in [0.1, 0.15) is 24.3 Å². The Bertz CT molecular complexity index is 791. The maximum absolute atomic E-state index is 12.3. The van der Waals surface area contributed by atoms with Gasteiger partial charge in [-0.3, -0.25) is 5.32 Å². The van der Waals surface area contributed by atoms with Crippen molar-refractivity contribution in [3.63, 3.8) is 0 Å². The van der Waals surface area contributed by atoms with E-state index in [-0.39, 0.29) is 0 Å². The standard InChI is InChI=1S/C18H25N5O3S/c1-11(2)10-26-15-8-12(3)4-5-14(15)22-17(25)23-18-21-9-13(27-18)6-7-20-16(19)24/h4-5,8-9,11H,6-7,10H2,1-3H3,(H3,19,20,24)(H2,21,22,23,25). The van der Waals surface area contributed by atoms with Gasteiger partial charge in [0.05, 0.1) is 12.3 Å². The molecule has 1 aromatic carbocycles. The molecule has 1 heterocycles. The number of rotatable bonds is 8. The summed E-state index contributed by atoms with van der Waals surface area (Å²) in [6.45, 7) is 7.08. The molecular formula is C18H25N5O3S. The molecule has 0 atom stereocenters. The van der Waals surface area contributed by atoms with Gasteiger partial charge in [-0.05, 0) is 30.5 Å². The lowest BCUT2D eigenvalue weighted by molar-refractivity contribution is 0.249. The predicted octanol–water partition coefficient (Wildman–Crippen LogP) is 3.34. The average Bonchev–Trinajstić information content (AvgIpc) is 3.01. The average molecular weight is 391 g/mol. The zero-order valence-electron chi connectivity index (χ0n) is 15.7. The van der Waals surface area contributed by atoms with Crippen LogP contribution in [0.25, 0.3) is 0 Å². The third-order valence-electron chi connectivity index (χ3n) is 3.40. The van der Waals surface area contributed by atoms with Crippen molar-refractivity contribution in [3.05, 3.63) is 34.8 Å². The first kappa shape index (κ1) is 20.5. The molecule has 0 aliphatic rings. The minimum absolute atomic E-state index is 0.380. The SMILES string of the molecule is Cc1ccc(NC(=O)Nc2ncc(CCNC(N)=O)s2)c(OCC(C)C)c1. The van der Waals surface area contributed by atoms with Crippen LogP contribution in [0.4, 0.5) is 20.4 Å². The van der Waals surface area contributed by atoms with E-state index in [1.165, 1.54) is 11.3 Å². The Balaban J connectivity index is 1.94. The number of amides is 4. The number of nitrogens with two attached hydrogens (primary N) is 1. The molecule has 5 N–H and O–H groups in total. The summed E-state index contributed by atoms with van der Waals surface area (Å²) in [4.78, 5) is 28.0. The first-order valence-electron chi connectivity index (χ1n) is 8.63. The first-order chi connectivity index (χ1) is 12.8. The molecule has 27 heavy (non-hydrogen) atoms. The smallest absolute Gasteiger partial charge is 0.325 e. The van der Waals surface area contributed by atoms with Crippen molar-refractivity contribution in [2.24, 2.45) is 11.7 Å². The molecule has 2 rings (SSSR count). The van der Waals surface area contributed by atoms with Gasteiger partial charge >= 0.3 is 12.1 Å². The summed E-state index contributed by atoms with van der Waals surface area (Å²) in [5.41, 5.74) is 6.67. The number of nitrogens with one attached hydrogen (secondary N) is 3. The number of hydrogen-bond donors (Lipinski definition) is 4. The Morgan fingerprint density at radius 1 is 1.30 bits per heavy atom. The molecule has 2 aromatic rings. The summed E-state index contributed by atoms with van der Waals surface area (Å²) in [6, 6.07) is 4.65. The lowest BCUT2D eigenvalue weighted by atomic mass is 10.2. The van der Waals surface area contributed by atoms with E-state index in [1.807, 2.05) is 25.1 Å². The number of aromatic nitrogens is 1. The molecule has 0 saturated heterocycles. The topological polar surface area (TPSA) is 118 Å². The molecule has 0 aliphatic carbocycles. The number of benzene rings is 1. The van der Waals surface area contributed by atoms with Gasteiger partial charge in [0, 0.05) is 24.0 Å². The third-order valence-corrected chi connectivity index (χ3v) is 4.37. The fraction of sp³-hybridized carbons (Fsp3) is 0.389. The van der Waals surface area contributed by atoms with E-state index in [0.29, 0.717) is 42.1 Å². The predicted molar refractivity (Wildman–Crippen MR) is 108 cm³/mol. The lowest BCUT2D eigenvalue weighted by Gasteiger charge is -2.14. The second-order valence-corrected chi connectivity index (χ2v) is 7.57. The Hall–Kier alpha value is -2.81. The van der Waals surface area contributed by atoms with Gasteiger partial charge in [0.15, 0.2) is 5.13 Å². The van der Waals surface area contributed by atoms with Gasteiger partial charge in [-0.1, -0.05) is 19.9 Å². The van der Waals surface area contributed by atoms with Crippen LogP contribution in [-0.2, 0) is 6.42 Å². The number of carbonyl (C=O) groups excluding carboxylic acids is 2. The van der Waals surface area contributed by atoms with Crippen LogP contribution >= 0.6 is 11.3 Å². The largest absolute Gasteiger partial charge is 0.491 e. The summed E-state index contributed by atoms with van der Waals surface area (Å²) >= 11 is 1.34. The monoisotopic (exact) mass is 391 g/mol. The Morgan fingerprint density at radius 3 is 2.78 bits per heavy atom. The van der Waals surface area contributed by atoms with E-state index in [0.717, 1.165) is 10.4 Å². The zero-order chi connectivity index (χ0) is 19.8. The van der Waals surface area contributed by atoms with Gasteiger partial charge in [-0.2, -0.15) is 0 Å². The van der Waals surface area contributed by atoms with Crippen LogP contribution in [0.5, 0.6) is 5.75 Å². The summed E-state index contributed by atoms with van der Waals surface area (Å²) in [6.07, 6.45) is 2.25. The maximum Gasteiger partial charge on any atom is 0.325 e. The number of anilines is 2. The second-order valence-electron chi connectivity index (χ2n) is 6.46. The molecule has 4 amide bonds. The van der Waals surface area contributed by atoms with E-state index in [9.17, 15) is 9.59 Å². The van der Waals surface area contributed by atoms with E-state index < -0.39 is 12.1 Å². The Labute approximate surface area is 162 Å². The van der Waals surface area contributed by atoms with Crippen molar-refractivity contribution in [1.82, 2.24) is 10.3 Å². The first-order valence-corrected chi connectivity index (χ1v) is 9.44. The van der Waals surface area contributed by atoms with Crippen LogP contribution in [0.3, 0.4) is 0 Å². The van der Waals surface area contributed by atoms with E-state index in [4.69, 9.17) is 10.5 Å². The number of hydrogen-bond acceptors (Lipinski definition) is 5. The van der Waals surface area contributed by atoms with Gasteiger partial charge < -0.3 is 21.1 Å². The highest BCUT2D eigenvalue weighted by Crippen LogP contribution is 2.27. The van der Waals surface area contributed by atoms with Crippen molar-refractivity contribution in [2.45, 2.75) is 27.2 Å². The summed E-state index contributed by atoms with van der Waals surface area (Å²) in [7, 11) is 0. The van der Waals surface area contributed by atoms with Gasteiger partial charge in [0.2, 0.25) is 0 Å². The van der Waals surface area contributed by atoms with Crippen LogP contribution < -0.4 is 26.4 Å². The molecule has 0 fully saturated rings. The number of aryl methyl sites for hydroxylation is 1. The molecular weight excluding hydrogens is 366 g/mol. The fourth-order valence-electron chi connectivity index (χ4n) is 2.15. The van der Waals surface area contributed by atoms with Crippen molar-refractivity contribution in [3.8, 4) is 5.75 Å². The highest BCUT2D eigenvalue weighted by molar-refractivity contribution is 7.15. The van der Waals surface area contributed by atoms with E-state index in [1.54, 1.807) is 6.20 Å². The highest BCUT2D eigenvalue weighted by atomic mass is 32.1. The molecule has 0 unspecified atom stereocenters. The molecule has 0 radical (unpaired) electrons. The number of thiazole rings is 1. The number of primary amides is 1. The molecule has 146 valence electrons. The molecule has 0 aliphatic heterocycles. The van der Waals surface area contributed by atoms with Gasteiger partial charge in [0.25, 0.3) is 0 Å². The van der Waals surface area contributed by atoms with Gasteiger partial charge in [-0.15, -0.1) is 11.3 Å². The number of nitrogens with zero attached hydrogens (tertiary/aromatic N) is 1. The van der Waals surface area contributed by atoms with Gasteiger partial charge in [0.1, 0.15) is 5.75 Å². The Kier molecular flexibility index (Phi) is 7.42. The Morgan fingerprint density at radius 2 is 2.07 bits per heavy atom. The van der Waals surface area contributed by atoms with Gasteiger partial charge in [-0.25, -0.2) is 14.6 Å². The summed E-state index contributed by atoms with van der Waals surface area (Å²) in [5, 5.41) is 8.48. The minimum atomic E-state index is -0.564. The fourth-order valence-corrected chi connectivity index (χ4v) is 2.96. The zero-order valence-corrected chi connectivity index (χ0v) is 16.5. The third kappa shape index (κ3) is 7.14. The molecule has 0 saturated carbocycles. The van der Waals surface area contributed by atoms with E-state index >= 15 is 0 Å². The molecule has 0 bridgehead atoms. The summed E-state index contributed by atoms with van der Waals surface area (Å²) in [5.74, 6) is 1.01. The van der Waals surface area contributed by atoms with Crippen molar-refractivity contribution < 1.29 is 14.3 Å². The summed E-state index contributed by atoms with van der Waals surface area (Å²) < 4.78 is 5.80. The second kappa shape index (κ2) is 9.77. The normalized spacial score (nSPS) is 10.5.